The molecule has 2 rings (SSSR count). The lowest BCUT2D eigenvalue weighted by molar-refractivity contribution is 0.819. The number of aryl methyl sites for hydroxylation is 1. The van der Waals surface area contributed by atoms with E-state index in [-0.39, 0.29) is 0 Å². The molecule has 5 nitrogen and oxygen atoms in total. The summed E-state index contributed by atoms with van der Waals surface area (Å²) in [6.07, 6.45) is 5.18. The minimum Gasteiger partial charge on any atom is -0.316 e. The highest BCUT2D eigenvalue weighted by Gasteiger charge is 2.10. The summed E-state index contributed by atoms with van der Waals surface area (Å²) in [5.74, 6) is 0. The van der Waals surface area contributed by atoms with Gasteiger partial charge in [0.2, 0.25) is 0 Å². The molecule has 0 fully saturated rings. The van der Waals surface area contributed by atoms with E-state index in [4.69, 9.17) is 0 Å². The molecule has 0 saturated carbocycles. The van der Waals surface area contributed by atoms with Crippen LogP contribution >= 0.6 is 0 Å². The SMILES string of the molecule is CNCc1cn[nH]c1-c1nccnc1C. The Labute approximate surface area is 88.0 Å². The first-order chi connectivity index (χ1) is 7.33. The summed E-state index contributed by atoms with van der Waals surface area (Å²) in [7, 11) is 1.90. The first-order valence-electron chi connectivity index (χ1n) is 4.77. The number of rotatable bonds is 3. The van der Waals surface area contributed by atoms with Gasteiger partial charge in [-0.15, -0.1) is 0 Å². The molecular formula is C10H13N5. The van der Waals surface area contributed by atoms with Crippen molar-refractivity contribution in [2.24, 2.45) is 0 Å². The smallest absolute Gasteiger partial charge is 0.110 e. The van der Waals surface area contributed by atoms with Crippen LogP contribution in [0.15, 0.2) is 18.6 Å². The summed E-state index contributed by atoms with van der Waals surface area (Å²) in [6.45, 7) is 2.70. The first-order valence-corrected chi connectivity index (χ1v) is 4.77. The van der Waals surface area contributed by atoms with E-state index in [1.165, 1.54) is 0 Å². The van der Waals surface area contributed by atoms with Gasteiger partial charge in [-0.05, 0) is 14.0 Å². The number of H-pyrrole nitrogens is 1. The summed E-state index contributed by atoms with van der Waals surface area (Å²) in [5.41, 5.74) is 3.80. The second kappa shape index (κ2) is 4.18. The normalized spacial score (nSPS) is 10.5. The van der Waals surface area contributed by atoms with Crippen molar-refractivity contribution in [1.29, 1.82) is 0 Å². The maximum Gasteiger partial charge on any atom is 0.110 e. The summed E-state index contributed by atoms with van der Waals surface area (Å²) < 4.78 is 0. The van der Waals surface area contributed by atoms with E-state index in [1.54, 1.807) is 18.6 Å². The van der Waals surface area contributed by atoms with Crippen molar-refractivity contribution >= 4 is 0 Å². The number of nitrogens with zero attached hydrogens (tertiary/aromatic N) is 3. The van der Waals surface area contributed by atoms with Crippen LogP contribution in [-0.2, 0) is 6.54 Å². The molecule has 0 unspecified atom stereocenters. The fraction of sp³-hybridized carbons (Fsp3) is 0.300. The van der Waals surface area contributed by atoms with E-state index >= 15 is 0 Å². The molecule has 78 valence electrons. The van der Waals surface area contributed by atoms with Gasteiger partial charge in [-0.2, -0.15) is 5.10 Å². The molecule has 0 spiro atoms. The van der Waals surface area contributed by atoms with Gasteiger partial charge in [0.1, 0.15) is 5.69 Å². The lowest BCUT2D eigenvalue weighted by Crippen LogP contribution is -2.06. The molecule has 2 aromatic heterocycles. The van der Waals surface area contributed by atoms with Crippen molar-refractivity contribution in [3.05, 3.63) is 29.8 Å². The highest BCUT2D eigenvalue weighted by Crippen LogP contribution is 2.20. The lowest BCUT2D eigenvalue weighted by Gasteiger charge is -2.03. The van der Waals surface area contributed by atoms with Crippen LogP contribution in [0.5, 0.6) is 0 Å². The molecule has 0 atom stereocenters. The Morgan fingerprint density at radius 3 is 2.87 bits per heavy atom. The Hall–Kier alpha value is -1.75. The zero-order chi connectivity index (χ0) is 10.7. The van der Waals surface area contributed by atoms with Gasteiger partial charge in [-0.25, -0.2) is 0 Å². The molecule has 0 aliphatic heterocycles. The fourth-order valence-corrected chi connectivity index (χ4v) is 1.49. The van der Waals surface area contributed by atoms with Crippen LogP contribution in [0.2, 0.25) is 0 Å². The highest BCUT2D eigenvalue weighted by molar-refractivity contribution is 5.60. The monoisotopic (exact) mass is 203 g/mol. The Kier molecular flexibility index (Phi) is 2.73. The molecule has 5 heteroatoms. The van der Waals surface area contributed by atoms with Gasteiger partial charge in [0.15, 0.2) is 0 Å². The van der Waals surface area contributed by atoms with Crippen molar-refractivity contribution < 1.29 is 0 Å². The van der Waals surface area contributed by atoms with E-state index in [1.807, 2.05) is 14.0 Å². The van der Waals surface area contributed by atoms with Crippen LogP contribution in [-0.4, -0.2) is 27.2 Å². The molecule has 0 amide bonds. The first kappa shape index (κ1) is 9.79. The second-order valence-electron chi connectivity index (χ2n) is 3.29. The molecular weight excluding hydrogens is 190 g/mol. The van der Waals surface area contributed by atoms with Crippen LogP contribution in [0.25, 0.3) is 11.4 Å². The molecule has 2 aromatic rings. The number of hydrogen-bond acceptors (Lipinski definition) is 4. The summed E-state index contributed by atoms with van der Waals surface area (Å²) in [6, 6.07) is 0. The Bertz CT molecular complexity index is 449. The predicted molar refractivity (Wildman–Crippen MR) is 57.1 cm³/mol. The number of aromatic amines is 1. The standard InChI is InChI=1S/C10H13N5/c1-7-9(13-4-3-12-7)10-8(5-11-2)6-14-15-10/h3-4,6,11H,5H2,1-2H3,(H,14,15). The third kappa shape index (κ3) is 1.87. The quantitative estimate of drug-likeness (QED) is 0.777. The second-order valence-corrected chi connectivity index (χ2v) is 3.29. The predicted octanol–water partition coefficient (Wildman–Crippen LogP) is 0.895. The third-order valence-corrected chi connectivity index (χ3v) is 2.20. The summed E-state index contributed by atoms with van der Waals surface area (Å²) in [4.78, 5) is 8.51. The lowest BCUT2D eigenvalue weighted by atomic mass is 10.1. The molecule has 15 heavy (non-hydrogen) atoms. The van der Waals surface area contributed by atoms with Gasteiger partial charge in [-0.1, -0.05) is 0 Å². The molecule has 0 aromatic carbocycles. The minimum atomic E-state index is 0.766. The van der Waals surface area contributed by atoms with Crippen LogP contribution in [0, 0.1) is 6.92 Å². The molecule has 0 radical (unpaired) electrons. The Morgan fingerprint density at radius 2 is 2.13 bits per heavy atom. The van der Waals surface area contributed by atoms with Gasteiger partial charge in [0, 0.05) is 24.5 Å². The van der Waals surface area contributed by atoms with E-state index in [0.29, 0.717) is 0 Å². The average molecular weight is 203 g/mol. The zero-order valence-electron chi connectivity index (χ0n) is 8.78. The molecule has 2 N–H and O–H groups in total. The molecule has 2 heterocycles. The van der Waals surface area contributed by atoms with E-state index in [9.17, 15) is 0 Å². The third-order valence-electron chi connectivity index (χ3n) is 2.20. The van der Waals surface area contributed by atoms with Crippen LogP contribution in [0.1, 0.15) is 11.3 Å². The highest BCUT2D eigenvalue weighted by atomic mass is 15.1. The Balaban J connectivity index is 2.45. The van der Waals surface area contributed by atoms with E-state index < -0.39 is 0 Å². The fourth-order valence-electron chi connectivity index (χ4n) is 1.49. The van der Waals surface area contributed by atoms with Crippen molar-refractivity contribution in [2.75, 3.05) is 7.05 Å². The van der Waals surface area contributed by atoms with Crippen molar-refractivity contribution in [1.82, 2.24) is 25.5 Å². The van der Waals surface area contributed by atoms with Crippen LogP contribution in [0.4, 0.5) is 0 Å². The van der Waals surface area contributed by atoms with E-state index in [0.717, 1.165) is 29.2 Å². The topological polar surface area (TPSA) is 66.5 Å². The van der Waals surface area contributed by atoms with Gasteiger partial charge in [-0.3, -0.25) is 15.1 Å². The van der Waals surface area contributed by atoms with Gasteiger partial charge < -0.3 is 5.32 Å². The van der Waals surface area contributed by atoms with Crippen LogP contribution in [0.3, 0.4) is 0 Å². The number of hydrogen-bond donors (Lipinski definition) is 2. The Morgan fingerprint density at radius 1 is 1.33 bits per heavy atom. The summed E-state index contributed by atoms with van der Waals surface area (Å²) >= 11 is 0. The largest absolute Gasteiger partial charge is 0.316 e. The van der Waals surface area contributed by atoms with Gasteiger partial charge in [0.05, 0.1) is 17.6 Å². The van der Waals surface area contributed by atoms with Crippen molar-refractivity contribution in [3.63, 3.8) is 0 Å². The maximum absolute atomic E-state index is 4.30. The maximum atomic E-state index is 4.30. The molecule has 0 aliphatic carbocycles. The molecule has 0 bridgehead atoms. The van der Waals surface area contributed by atoms with Gasteiger partial charge in [0.25, 0.3) is 0 Å². The van der Waals surface area contributed by atoms with Crippen molar-refractivity contribution in [3.8, 4) is 11.4 Å². The zero-order valence-corrected chi connectivity index (χ0v) is 8.78. The number of nitrogens with one attached hydrogen (secondary N) is 2. The van der Waals surface area contributed by atoms with E-state index in [2.05, 4.69) is 25.5 Å². The average Bonchev–Trinajstić information content (AvgIpc) is 2.67. The number of aromatic nitrogens is 4. The van der Waals surface area contributed by atoms with Crippen molar-refractivity contribution in [2.45, 2.75) is 13.5 Å². The van der Waals surface area contributed by atoms with Gasteiger partial charge >= 0.3 is 0 Å². The van der Waals surface area contributed by atoms with Crippen LogP contribution < -0.4 is 5.32 Å². The molecule has 0 saturated heterocycles. The minimum absolute atomic E-state index is 0.766. The summed E-state index contributed by atoms with van der Waals surface area (Å²) in [5, 5.41) is 10.1. The molecule has 0 aliphatic rings.